The number of aryl methyl sites for hydroxylation is 2. The molecule has 0 amide bonds. The topological polar surface area (TPSA) is 77.2 Å². The summed E-state index contributed by atoms with van der Waals surface area (Å²) in [4.78, 5) is 20.4. The van der Waals surface area contributed by atoms with Crippen LogP contribution in [-0.4, -0.2) is 38.3 Å². The lowest BCUT2D eigenvalue weighted by molar-refractivity contribution is -0.149. The van der Waals surface area contributed by atoms with Gasteiger partial charge in [0.05, 0.1) is 0 Å². The number of aliphatic carboxylic acids is 1. The number of nitrogens with zero attached hydrogens (tertiary/aromatic N) is 3. The fourth-order valence-electron chi connectivity index (χ4n) is 3.87. The molecule has 6 nitrogen and oxygen atoms in total. The fourth-order valence-corrected chi connectivity index (χ4v) is 3.87. The number of hydrogen-bond donors (Lipinski definition) is 1. The summed E-state index contributed by atoms with van der Waals surface area (Å²) in [6.45, 7) is 3.03. The molecule has 0 fully saturated rings. The highest BCUT2D eigenvalue weighted by atomic mass is 16.5. The normalized spacial score (nSPS) is 12.4. The Morgan fingerprint density at radius 1 is 1.00 bits per heavy atom. The van der Waals surface area contributed by atoms with Crippen molar-refractivity contribution < 1.29 is 14.6 Å². The highest BCUT2D eigenvalue weighted by molar-refractivity contribution is 6.04. The first kappa shape index (κ1) is 20.0. The molecule has 0 bridgehead atoms. The minimum absolute atomic E-state index is 0.377. The number of fused-ring (bicyclic) bond motifs is 3. The van der Waals surface area contributed by atoms with E-state index in [9.17, 15) is 9.90 Å². The Balaban J connectivity index is 1.43. The number of carbonyl (C=O) groups is 1. The van der Waals surface area contributed by atoms with E-state index in [0.717, 1.165) is 47.0 Å². The lowest BCUT2D eigenvalue weighted by Crippen LogP contribution is -2.26. The third-order valence-electron chi connectivity index (χ3n) is 5.31. The van der Waals surface area contributed by atoms with Crippen LogP contribution in [0.25, 0.3) is 22.1 Å². The van der Waals surface area contributed by atoms with E-state index >= 15 is 0 Å². The number of carboxylic acids is 1. The molecule has 0 spiro atoms. The van der Waals surface area contributed by atoms with Gasteiger partial charge in [-0.1, -0.05) is 24.3 Å². The highest BCUT2D eigenvalue weighted by Gasteiger charge is 2.17. The minimum Gasteiger partial charge on any atom is -0.479 e. The van der Waals surface area contributed by atoms with Crippen LogP contribution in [0.2, 0.25) is 0 Å². The van der Waals surface area contributed by atoms with Crippen molar-refractivity contribution in [3.63, 3.8) is 0 Å². The van der Waals surface area contributed by atoms with Gasteiger partial charge >= 0.3 is 5.97 Å². The van der Waals surface area contributed by atoms with Crippen molar-refractivity contribution in [3.05, 3.63) is 72.1 Å². The molecule has 0 aliphatic carbocycles. The molecule has 6 heteroatoms. The van der Waals surface area contributed by atoms with E-state index in [0.29, 0.717) is 13.0 Å². The Morgan fingerprint density at radius 2 is 1.60 bits per heavy atom. The van der Waals surface area contributed by atoms with Crippen LogP contribution in [-0.2, 0) is 28.9 Å². The van der Waals surface area contributed by atoms with Gasteiger partial charge in [-0.25, -0.2) is 14.8 Å². The molecule has 0 aliphatic rings. The first-order chi connectivity index (χ1) is 14.7. The zero-order chi connectivity index (χ0) is 20.9. The van der Waals surface area contributed by atoms with Crippen molar-refractivity contribution in [1.29, 1.82) is 0 Å². The van der Waals surface area contributed by atoms with E-state index in [1.807, 2.05) is 36.7 Å². The van der Waals surface area contributed by atoms with Crippen LogP contribution in [0.3, 0.4) is 0 Å². The fraction of sp³-hybridized carbons (Fsp3) is 0.292. The monoisotopic (exact) mass is 403 g/mol. The molecule has 0 saturated heterocycles. The third kappa shape index (κ3) is 4.19. The molecular weight excluding hydrogens is 378 g/mol. The number of carboxylic acid groups (broad SMARTS) is 1. The standard InChI is InChI=1S/C24H25N3O3/c1-2-30-21(24(28)29)16-18-11-9-17(10-12-18)6-5-15-27-22-19(7-3-13-25-22)20-8-4-14-26-23(20)27/h3-4,7-14,21H,2,5-6,15-16H2,1H3,(H,28,29). The van der Waals surface area contributed by atoms with E-state index in [2.05, 4.69) is 38.8 Å². The summed E-state index contributed by atoms with van der Waals surface area (Å²) in [6, 6.07) is 16.2. The van der Waals surface area contributed by atoms with Crippen LogP contribution < -0.4 is 0 Å². The van der Waals surface area contributed by atoms with E-state index in [1.54, 1.807) is 6.92 Å². The second kappa shape index (κ2) is 9.05. The molecule has 4 rings (SSSR count). The van der Waals surface area contributed by atoms with Crippen molar-refractivity contribution in [2.75, 3.05) is 6.61 Å². The van der Waals surface area contributed by atoms with Gasteiger partial charge < -0.3 is 14.4 Å². The summed E-state index contributed by atoms with van der Waals surface area (Å²) in [6.07, 6.45) is 5.11. The van der Waals surface area contributed by atoms with Gasteiger partial charge in [-0.2, -0.15) is 0 Å². The van der Waals surface area contributed by atoms with Crippen LogP contribution in [0.15, 0.2) is 60.9 Å². The van der Waals surface area contributed by atoms with Gasteiger partial charge in [0.2, 0.25) is 0 Å². The number of aromatic nitrogens is 3. The van der Waals surface area contributed by atoms with Gasteiger partial charge in [0.15, 0.2) is 6.10 Å². The maximum atomic E-state index is 11.3. The Morgan fingerprint density at radius 3 is 2.17 bits per heavy atom. The molecular formula is C24H25N3O3. The largest absolute Gasteiger partial charge is 0.479 e. The van der Waals surface area contributed by atoms with Crippen LogP contribution in [0.4, 0.5) is 0 Å². The quantitative estimate of drug-likeness (QED) is 0.452. The van der Waals surface area contributed by atoms with Crippen LogP contribution in [0, 0.1) is 0 Å². The third-order valence-corrected chi connectivity index (χ3v) is 5.31. The zero-order valence-electron chi connectivity index (χ0n) is 17.0. The van der Waals surface area contributed by atoms with Gasteiger partial charge in [-0.05, 0) is 55.2 Å². The number of benzene rings is 1. The average Bonchev–Trinajstić information content (AvgIpc) is 3.09. The lowest BCUT2D eigenvalue weighted by atomic mass is 10.0. The smallest absolute Gasteiger partial charge is 0.333 e. The summed E-state index contributed by atoms with van der Waals surface area (Å²) in [7, 11) is 0. The molecule has 1 aromatic carbocycles. The predicted molar refractivity (Wildman–Crippen MR) is 117 cm³/mol. The van der Waals surface area contributed by atoms with E-state index in [-0.39, 0.29) is 0 Å². The highest BCUT2D eigenvalue weighted by Crippen LogP contribution is 2.26. The van der Waals surface area contributed by atoms with Crippen molar-refractivity contribution >= 4 is 28.0 Å². The maximum Gasteiger partial charge on any atom is 0.333 e. The molecule has 4 aromatic rings. The van der Waals surface area contributed by atoms with Crippen molar-refractivity contribution in [2.45, 2.75) is 38.8 Å². The average molecular weight is 403 g/mol. The van der Waals surface area contributed by atoms with Gasteiger partial charge in [0.1, 0.15) is 11.3 Å². The van der Waals surface area contributed by atoms with Gasteiger partial charge in [0.25, 0.3) is 0 Å². The number of ether oxygens (including phenoxy) is 1. The lowest BCUT2D eigenvalue weighted by Gasteiger charge is -2.12. The van der Waals surface area contributed by atoms with Crippen LogP contribution in [0.5, 0.6) is 0 Å². The maximum absolute atomic E-state index is 11.3. The minimum atomic E-state index is -0.922. The first-order valence-corrected chi connectivity index (χ1v) is 10.3. The number of hydrogen-bond acceptors (Lipinski definition) is 4. The zero-order valence-corrected chi connectivity index (χ0v) is 17.0. The molecule has 1 N–H and O–H groups in total. The van der Waals surface area contributed by atoms with Crippen molar-refractivity contribution in [3.8, 4) is 0 Å². The van der Waals surface area contributed by atoms with Crippen LogP contribution >= 0.6 is 0 Å². The van der Waals surface area contributed by atoms with Gasteiger partial charge in [-0.15, -0.1) is 0 Å². The Bertz CT molecular complexity index is 1100. The van der Waals surface area contributed by atoms with Crippen molar-refractivity contribution in [1.82, 2.24) is 14.5 Å². The molecule has 154 valence electrons. The molecule has 0 aliphatic heterocycles. The predicted octanol–water partition coefficient (Wildman–Crippen LogP) is 4.25. The van der Waals surface area contributed by atoms with Crippen LogP contribution in [0.1, 0.15) is 24.5 Å². The molecule has 30 heavy (non-hydrogen) atoms. The SMILES string of the molecule is CCOC(Cc1ccc(CCCn2c3ncccc3c3cccnc32)cc1)C(=O)O. The Labute approximate surface area is 175 Å². The Kier molecular flexibility index (Phi) is 6.05. The van der Waals surface area contributed by atoms with Gasteiger partial charge in [-0.3, -0.25) is 0 Å². The van der Waals surface area contributed by atoms with Crippen molar-refractivity contribution in [2.24, 2.45) is 0 Å². The molecule has 3 heterocycles. The summed E-state index contributed by atoms with van der Waals surface area (Å²) in [5.74, 6) is -0.922. The number of pyridine rings is 2. The van der Waals surface area contributed by atoms with E-state index in [1.165, 1.54) is 5.56 Å². The van der Waals surface area contributed by atoms with E-state index < -0.39 is 12.1 Å². The summed E-state index contributed by atoms with van der Waals surface area (Å²) in [5, 5.41) is 11.5. The molecule has 1 atom stereocenters. The summed E-state index contributed by atoms with van der Waals surface area (Å²) < 4.78 is 7.49. The molecule has 0 saturated carbocycles. The molecule has 3 aromatic heterocycles. The molecule has 0 radical (unpaired) electrons. The number of rotatable bonds is 9. The Hall–Kier alpha value is -3.25. The molecule has 1 unspecified atom stereocenters. The second-order valence-electron chi connectivity index (χ2n) is 7.31. The summed E-state index contributed by atoms with van der Waals surface area (Å²) in [5.41, 5.74) is 4.13. The van der Waals surface area contributed by atoms with Gasteiger partial charge in [0, 0.05) is 42.7 Å². The van der Waals surface area contributed by atoms with E-state index in [4.69, 9.17) is 4.74 Å². The second-order valence-corrected chi connectivity index (χ2v) is 7.31. The first-order valence-electron chi connectivity index (χ1n) is 10.3. The summed E-state index contributed by atoms with van der Waals surface area (Å²) >= 11 is 0.